The highest BCUT2D eigenvalue weighted by atomic mass is 19.3. The number of aromatic nitrogens is 3. The van der Waals surface area contributed by atoms with Gasteiger partial charge >= 0.3 is 0 Å². The van der Waals surface area contributed by atoms with Crippen LogP contribution < -0.4 is 15.4 Å². The fourth-order valence-corrected chi connectivity index (χ4v) is 4.21. The number of methoxy groups -OCH3 is 1. The zero-order chi connectivity index (χ0) is 25.8. The first-order valence-electron chi connectivity index (χ1n) is 11.4. The Morgan fingerprint density at radius 1 is 1.36 bits per heavy atom. The van der Waals surface area contributed by atoms with E-state index in [0.717, 1.165) is 0 Å². The van der Waals surface area contributed by atoms with Crippen molar-refractivity contribution in [2.75, 3.05) is 37.4 Å². The second kappa shape index (κ2) is 10.8. The quantitative estimate of drug-likeness (QED) is 0.369. The van der Waals surface area contributed by atoms with E-state index in [1.807, 2.05) is 0 Å². The van der Waals surface area contributed by atoms with Gasteiger partial charge in [-0.25, -0.2) is 23.2 Å². The lowest BCUT2D eigenvalue weighted by Gasteiger charge is -2.34. The number of nitrogens with zero attached hydrogens (tertiary/aromatic N) is 5. The van der Waals surface area contributed by atoms with Gasteiger partial charge in [0.1, 0.15) is 17.4 Å². The maximum Gasteiger partial charge on any atom is 0.244 e. The van der Waals surface area contributed by atoms with Crippen LogP contribution in [-0.2, 0) is 4.79 Å². The summed E-state index contributed by atoms with van der Waals surface area (Å²) in [4.78, 5) is 17.4. The maximum absolute atomic E-state index is 14.7. The van der Waals surface area contributed by atoms with Gasteiger partial charge in [-0.15, -0.1) is 5.10 Å². The van der Waals surface area contributed by atoms with Crippen molar-refractivity contribution in [3.8, 4) is 17.0 Å². The number of hydrogen-bond acceptors (Lipinski definition) is 8. The molecule has 1 saturated heterocycles. The molecule has 0 bridgehead atoms. The Morgan fingerprint density at radius 3 is 2.83 bits per heavy atom. The Balaban J connectivity index is 1.61. The highest BCUT2D eigenvalue weighted by molar-refractivity contribution is 5.87. The van der Waals surface area contributed by atoms with Crippen molar-refractivity contribution in [1.29, 1.82) is 5.53 Å². The Labute approximate surface area is 205 Å². The number of alkyl halides is 3. The van der Waals surface area contributed by atoms with Crippen LogP contribution in [0.4, 0.5) is 30.5 Å². The number of carbonyl (C=O) groups excluding carboxylic acids is 1. The third-order valence-corrected chi connectivity index (χ3v) is 6.08. The number of rotatable bonds is 9. The molecule has 0 radical (unpaired) electrons. The van der Waals surface area contributed by atoms with Crippen molar-refractivity contribution in [2.24, 2.45) is 5.11 Å². The summed E-state index contributed by atoms with van der Waals surface area (Å²) in [5.41, 5.74) is 10.1. The van der Waals surface area contributed by atoms with Gasteiger partial charge in [0.15, 0.2) is 0 Å². The van der Waals surface area contributed by atoms with Crippen molar-refractivity contribution in [2.45, 2.75) is 38.4 Å². The zero-order valence-electron chi connectivity index (χ0n) is 19.8. The summed E-state index contributed by atoms with van der Waals surface area (Å²) in [7, 11) is 1.46. The van der Waals surface area contributed by atoms with Gasteiger partial charge in [-0.05, 0) is 30.2 Å². The number of ether oxygens (including phenoxy) is 1. The SMILES string of the molecule is COc1nc(N[C@H]2CCN(C(C)=O)C[C@H]2F)nn2ccc(-c3ccc(N=N)c(NCCC(F)F)c3)c12. The van der Waals surface area contributed by atoms with E-state index < -0.39 is 18.6 Å². The van der Waals surface area contributed by atoms with Gasteiger partial charge in [-0.3, -0.25) is 4.79 Å². The molecule has 1 amide bonds. The molecule has 1 aliphatic rings. The number of halogens is 3. The van der Waals surface area contributed by atoms with Crippen LogP contribution in [0.1, 0.15) is 19.8 Å². The average molecular weight is 505 g/mol. The van der Waals surface area contributed by atoms with E-state index in [0.29, 0.717) is 41.0 Å². The summed E-state index contributed by atoms with van der Waals surface area (Å²) in [5.74, 6) is 0.279. The molecule has 1 fully saturated rings. The summed E-state index contributed by atoms with van der Waals surface area (Å²) < 4.78 is 46.9. The minimum atomic E-state index is -2.44. The second-order valence-electron chi connectivity index (χ2n) is 8.44. The summed E-state index contributed by atoms with van der Waals surface area (Å²) in [6.45, 7) is 1.90. The van der Waals surface area contributed by atoms with Crippen LogP contribution in [0.5, 0.6) is 5.88 Å². The molecule has 0 unspecified atom stereocenters. The van der Waals surface area contributed by atoms with E-state index in [4.69, 9.17) is 10.3 Å². The lowest BCUT2D eigenvalue weighted by molar-refractivity contribution is -0.131. The van der Waals surface area contributed by atoms with E-state index in [1.165, 1.54) is 18.9 Å². The van der Waals surface area contributed by atoms with E-state index in [-0.39, 0.29) is 37.2 Å². The Kier molecular flexibility index (Phi) is 7.55. The van der Waals surface area contributed by atoms with Crippen molar-refractivity contribution >= 4 is 28.7 Å². The van der Waals surface area contributed by atoms with Crippen LogP contribution in [0.25, 0.3) is 16.6 Å². The molecule has 2 aromatic heterocycles. The third kappa shape index (κ3) is 5.34. The molecule has 2 atom stereocenters. The molecule has 3 N–H and O–H groups in total. The Morgan fingerprint density at radius 2 is 2.17 bits per heavy atom. The van der Waals surface area contributed by atoms with E-state index in [2.05, 4.69) is 25.8 Å². The summed E-state index contributed by atoms with van der Waals surface area (Å²) in [6, 6.07) is 6.34. The smallest absolute Gasteiger partial charge is 0.244 e. The summed E-state index contributed by atoms with van der Waals surface area (Å²) >= 11 is 0. The van der Waals surface area contributed by atoms with Gasteiger partial charge in [0.25, 0.3) is 0 Å². The molecule has 3 aromatic rings. The monoisotopic (exact) mass is 504 g/mol. The molecule has 0 aliphatic carbocycles. The lowest BCUT2D eigenvalue weighted by atomic mass is 10.0. The minimum absolute atomic E-state index is 0.00826. The fraction of sp³-hybridized carbons (Fsp3) is 0.435. The lowest BCUT2D eigenvalue weighted by Crippen LogP contribution is -2.49. The zero-order valence-corrected chi connectivity index (χ0v) is 19.8. The van der Waals surface area contributed by atoms with Crippen LogP contribution >= 0.6 is 0 Å². The molecular weight excluding hydrogens is 477 g/mol. The summed E-state index contributed by atoms with van der Waals surface area (Å²) in [6.07, 6.45) is -1.92. The molecule has 0 saturated carbocycles. The number of fused-ring (bicyclic) bond motifs is 1. The van der Waals surface area contributed by atoms with Gasteiger partial charge < -0.3 is 20.3 Å². The van der Waals surface area contributed by atoms with Crippen molar-refractivity contribution in [1.82, 2.24) is 19.5 Å². The minimum Gasteiger partial charge on any atom is -0.479 e. The molecular formula is C23H27F3N8O2. The van der Waals surface area contributed by atoms with E-state index >= 15 is 0 Å². The number of hydrogen-bond donors (Lipinski definition) is 3. The highest BCUT2D eigenvalue weighted by Gasteiger charge is 2.31. The van der Waals surface area contributed by atoms with Crippen LogP contribution in [-0.4, -0.2) is 70.8 Å². The van der Waals surface area contributed by atoms with Gasteiger partial charge in [-0.1, -0.05) is 6.07 Å². The van der Waals surface area contributed by atoms with Gasteiger partial charge in [0.2, 0.25) is 24.2 Å². The number of benzene rings is 1. The second-order valence-corrected chi connectivity index (χ2v) is 8.44. The molecule has 1 aliphatic heterocycles. The molecule has 10 nitrogen and oxygen atoms in total. The standard InChI is InChI=1S/C23H27F3N8O2/c1-13(35)33-9-7-17(16(24)12-33)29-23-30-22(36-2)21-15(6-10-34(21)32-23)14-3-4-18(31-27)19(11-14)28-8-5-20(25)26/h3-4,6,10-11,16-17,20,27-28H,5,7-9,12H2,1-2H3,(H,29,32)/t16-,17+/m1/s1. The van der Waals surface area contributed by atoms with Crippen molar-refractivity contribution < 1.29 is 22.7 Å². The van der Waals surface area contributed by atoms with Gasteiger partial charge in [0.05, 0.1) is 25.4 Å². The topological polar surface area (TPSA) is 120 Å². The number of amides is 1. The first-order valence-corrected chi connectivity index (χ1v) is 11.4. The molecule has 3 heterocycles. The first-order chi connectivity index (χ1) is 17.3. The number of anilines is 2. The molecule has 192 valence electrons. The van der Waals surface area contributed by atoms with Gasteiger partial charge in [-0.2, -0.15) is 10.1 Å². The number of carbonyl (C=O) groups is 1. The largest absolute Gasteiger partial charge is 0.479 e. The molecule has 0 spiro atoms. The van der Waals surface area contributed by atoms with Crippen molar-refractivity contribution in [3.63, 3.8) is 0 Å². The van der Waals surface area contributed by atoms with Gasteiger partial charge in [0, 0.05) is 38.2 Å². The van der Waals surface area contributed by atoms with Crippen LogP contribution in [0, 0.1) is 5.53 Å². The number of nitrogens with one attached hydrogen (secondary N) is 3. The highest BCUT2D eigenvalue weighted by Crippen LogP contribution is 2.36. The number of piperidine rings is 1. The summed E-state index contributed by atoms with van der Waals surface area (Å²) in [5, 5.41) is 13.8. The third-order valence-electron chi connectivity index (χ3n) is 6.08. The predicted molar refractivity (Wildman–Crippen MR) is 128 cm³/mol. The normalized spacial score (nSPS) is 17.9. The molecule has 13 heteroatoms. The fourth-order valence-electron chi connectivity index (χ4n) is 4.21. The number of likely N-dealkylation sites (tertiary alicyclic amines) is 1. The Bertz CT molecular complexity index is 1250. The first kappa shape index (κ1) is 25.2. The van der Waals surface area contributed by atoms with Crippen LogP contribution in [0.2, 0.25) is 0 Å². The molecule has 4 rings (SSSR count). The maximum atomic E-state index is 14.7. The molecule has 36 heavy (non-hydrogen) atoms. The van der Waals surface area contributed by atoms with E-state index in [9.17, 15) is 18.0 Å². The van der Waals surface area contributed by atoms with Crippen LogP contribution in [0.3, 0.4) is 0 Å². The predicted octanol–water partition coefficient (Wildman–Crippen LogP) is 4.51. The Hall–Kier alpha value is -3.90. The average Bonchev–Trinajstić information content (AvgIpc) is 3.28. The molecule has 1 aromatic carbocycles. The van der Waals surface area contributed by atoms with Crippen molar-refractivity contribution in [3.05, 3.63) is 30.5 Å². The van der Waals surface area contributed by atoms with E-state index in [1.54, 1.807) is 35.0 Å². The van der Waals surface area contributed by atoms with Crippen LogP contribution in [0.15, 0.2) is 35.6 Å².